The van der Waals surface area contributed by atoms with E-state index >= 15 is 0 Å². The van der Waals surface area contributed by atoms with Crippen LogP contribution in [0.1, 0.15) is 38.1 Å². The molecule has 0 unspecified atom stereocenters. The van der Waals surface area contributed by atoms with Gasteiger partial charge < -0.3 is 0 Å². The largest absolute Gasteiger partial charge is 0.229 e. The molecule has 3 heteroatoms. The number of benzene rings is 1. The summed E-state index contributed by atoms with van der Waals surface area (Å²) in [6.45, 7) is 6.29. The van der Waals surface area contributed by atoms with Crippen molar-refractivity contribution < 1.29 is 0 Å². The summed E-state index contributed by atoms with van der Waals surface area (Å²) in [6.07, 6.45) is 1.02. The third-order valence-electron chi connectivity index (χ3n) is 2.46. The van der Waals surface area contributed by atoms with Gasteiger partial charge in [-0.1, -0.05) is 26.8 Å². The summed E-state index contributed by atoms with van der Waals surface area (Å²) in [5.41, 5.74) is 3.11. The predicted molar refractivity (Wildman–Crippen MR) is 60.8 cm³/mol. The van der Waals surface area contributed by atoms with Crippen molar-refractivity contribution >= 4 is 11.0 Å². The van der Waals surface area contributed by atoms with E-state index in [2.05, 4.69) is 48.1 Å². The van der Waals surface area contributed by atoms with Crippen LogP contribution in [-0.4, -0.2) is 15.2 Å². The third kappa shape index (κ3) is 1.96. The molecule has 3 nitrogen and oxygen atoms in total. The summed E-state index contributed by atoms with van der Waals surface area (Å²) in [7, 11) is 0. The van der Waals surface area contributed by atoms with Crippen LogP contribution in [0, 0.1) is 0 Å². The maximum atomic E-state index is 4.51. The molecule has 0 aliphatic heterocycles. The minimum Gasteiger partial charge on any atom is -0.229 e. The van der Waals surface area contributed by atoms with Crippen molar-refractivity contribution in [3.63, 3.8) is 0 Å². The molecule has 0 atom stereocenters. The Morgan fingerprint density at radius 1 is 1.13 bits per heavy atom. The predicted octanol–water partition coefficient (Wildman–Crippen LogP) is 2.71. The van der Waals surface area contributed by atoms with E-state index in [0.29, 0.717) is 5.92 Å². The summed E-state index contributed by atoms with van der Waals surface area (Å²) < 4.78 is 0. The molecule has 78 valence electrons. The van der Waals surface area contributed by atoms with Crippen molar-refractivity contribution in [3.05, 3.63) is 29.6 Å². The Hall–Kier alpha value is -1.51. The Bertz CT molecular complexity index is 477. The summed E-state index contributed by atoms with van der Waals surface area (Å²) in [5.74, 6) is 1.14. The van der Waals surface area contributed by atoms with Crippen LogP contribution in [0.2, 0.25) is 0 Å². The average Bonchev–Trinajstić information content (AvgIpc) is 2.27. The van der Waals surface area contributed by atoms with E-state index in [1.54, 1.807) is 0 Å². The van der Waals surface area contributed by atoms with E-state index in [4.69, 9.17) is 0 Å². The van der Waals surface area contributed by atoms with Crippen molar-refractivity contribution in [2.75, 3.05) is 0 Å². The van der Waals surface area contributed by atoms with Gasteiger partial charge in [0.25, 0.3) is 0 Å². The average molecular weight is 201 g/mol. The van der Waals surface area contributed by atoms with Gasteiger partial charge in [0.05, 0.1) is 5.52 Å². The maximum absolute atomic E-state index is 4.51. The van der Waals surface area contributed by atoms with E-state index in [9.17, 15) is 0 Å². The smallest absolute Gasteiger partial charge is 0.154 e. The van der Waals surface area contributed by atoms with Crippen LogP contribution in [0.4, 0.5) is 0 Å². The first kappa shape index (κ1) is 10.0. The zero-order valence-corrected chi connectivity index (χ0v) is 9.36. The molecule has 0 N–H and O–H groups in total. The van der Waals surface area contributed by atoms with Crippen LogP contribution in [0.3, 0.4) is 0 Å². The van der Waals surface area contributed by atoms with Gasteiger partial charge in [0.2, 0.25) is 0 Å². The molecule has 0 amide bonds. The van der Waals surface area contributed by atoms with Crippen LogP contribution in [0.25, 0.3) is 11.0 Å². The molecule has 0 radical (unpaired) electrons. The highest BCUT2D eigenvalue weighted by Gasteiger charge is 2.05. The Labute approximate surface area is 89.6 Å². The third-order valence-corrected chi connectivity index (χ3v) is 2.46. The molecular weight excluding hydrogens is 186 g/mol. The van der Waals surface area contributed by atoms with Gasteiger partial charge >= 0.3 is 0 Å². The Kier molecular flexibility index (Phi) is 2.62. The van der Waals surface area contributed by atoms with Gasteiger partial charge in [-0.25, -0.2) is 4.98 Å². The molecule has 0 spiro atoms. The molecule has 0 saturated carbocycles. The van der Waals surface area contributed by atoms with Crippen LogP contribution in [0.15, 0.2) is 18.2 Å². The van der Waals surface area contributed by atoms with Crippen LogP contribution in [0.5, 0.6) is 0 Å². The van der Waals surface area contributed by atoms with E-state index in [1.807, 2.05) is 6.07 Å². The quantitative estimate of drug-likeness (QED) is 0.749. The van der Waals surface area contributed by atoms with Crippen molar-refractivity contribution in [1.82, 2.24) is 15.2 Å². The summed E-state index contributed by atoms with van der Waals surface area (Å²) in [5, 5.41) is 8.27. The number of hydrogen-bond donors (Lipinski definition) is 0. The van der Waals surface area contributed by atoms with Crippen LogP contribution in [-0.2, 0) is 6.42 Å². The normalized spacial score (nSPS) is 11.2. The van der Waals surface area contributed by atoms with Crippen molar-refractivity contribution in [3.8, 4) is 0 Å². The first-order valence-electron chi connectivity index (χ1n) is 5.34. The van der Waals surface area contributed by atoms with Crippen molar-refractivity contribution in [2.45, 2.75) is 33.1 Å². The minimum atomic E-state index is 0.326. The molecule has 1 aromatic heterocycles. The Balaban J connectivity index is 2.57. The highest BCUT2D eigenvalue weighted by molar-refractivity contribution is 5.74. The van der Waals surface area contributed by atoms with Gasteiger partial charge in [-0.15, -0.1) is 10.2 Å². The number of aryl methyl sites for hydroxylation is 1. The Morgan fingerprint density at radius 2 is 1.93 bits per heavy atom. The number of nitrogens with zero attached hydrogens (tertiary/aromatic N) is 3. The fourth-order valence-corrected chi connectivity index (χ4v) is 1.46. The lowest BCUT2D eigenvalue weighted by molar-refractivity contribution is 0.751. The lowest BCUT2D eigenvalue weighted by atomic mass is 10.1. The lowest BCUT2D eigenvalue weighted by Gasteiger charge is -2.04. The van der Waals surface area contributed by atoms with Gasteiger partial charge in [0.15, 0.2) is 5.82 Å². The zero-order chi connectivity index (χ0) is 10.8. The molecule has 0 fully saturated rings. The standard InChI is InChI=1S/C12H15N3/c1-4-9-5-6-10-11(7-9)13-12(8(2)3)15-14-10/h5-8H,4H2,1-3H3. The molecule has 15 heavy (non-hydrogen) atoms. The number of rotatable bonds is 2. The van der Waals surface area contributed by atoms with Gasteiger partial charge in [0, 0.05) is 5.92 Å². The summed E-state index contributed by atoms with van der Waals surface area (Å²) >= 11 is 0. The monoisotopic (exact) mass is 201 g/mol. The second-order valence-corrected chi connectivity index (χ2v) is 4.00. The minimum absolute atomic E-state index is 0.326. The van der Waals surface area contributed by atoms with E-state index in [0.717, 1.165) is 23.3 Å². The molecule has 0 aliphatic carbocycles. The highest BCUT2D eigenvalue weighted by Crippen LogP contribution is 2.14. The molecule has 0 saturated heterocycles. The Morgan fingerprint density at radius 3 is 2.60 bits per heavy atom. The van der Waals surface area contributed by atoms with Gasteiger partial charge in [0.1, 0.15) is 5.52 Å². The second kappa shape index (κ2) is 3.93. The van der Waals surface area contributed by atoms with Gasteiger partial charge in [-0.05, 0) is 24.1 Å². The number of fused-ring (bicyclic) bond motifs is 1. The molecule has 1 aromatic carbocycles. The molecule has 2 rings (SSSR count). The van der Waals surface area contributed by atoms with Gasteiger partial charge in [-0.3, -0.25) is 0 Å². The number of aromatic nitrogens is 3. The fourth-order valence-electron chi connectivity index (χ4n) is 1.46. The number of hydrogen-bond acceptors (Lipinski definition) is 3. The van der Waals surface area contributed by atoms with Crippen molar-refractivity contribution in [2.24, 2.45) is 0 Å². The molecule has 1 heterocycles. The first-order chi connectivity index (χ1) is 7.20. The van der Waals surface area contributed by atoms with Crippen molar-refractivity contribution in [1.29, 1.82) is 0 Å². The van der Waals surface area contributed by atoms with Gasteiger partial charge in [-0.2, -0.15) is 0 Å². The topological polar surface area (TPSA) is 38.7 Å². The highest BCUT2D eigenvalue weighted by atomic mass is 15.2. The lowest BCUT2D eigenvalue weighted by Crippen LogP contribution is -2.00. The molecule has 0 aliphatic rings. The molecule has 0 bridgehead atoms. The SMILES string of the molecule is CCc1ccc2nnc(C(C)C)nc2c1. The zero-order valence-electron chi connectivity index (χ0n) is 9.36. The first-order valence-corrected chi connectivity index (χ1v) is 5.34. The second-order valence-electron chi connectivity index (χ2n) is 4.00. The van der Waals surface area contributed by atoms with E-state index in [-0.39, 0.29) is 0 Å². The van der Waals surface area contributed by atoms with Crippen LogP contribution >= 0.6 is 0 Å². The summed E-state index contributed by atoms with van der Waals surface area (Å²) in [4.78, 5) is 4.51. The maximum Gasteiger partial charge on any atom is 0.154 e. The van der Waals surface area contributed by atoms with Crippen LogP contribution < -0.4 is 0 Å². The fraction of sp³-hybridized carbons (Fsp3) is 0.417. The molecular formula is C12H15N3. The molecule has 2 aromatic rings. The summed E-state index contributed by atoms with van der Waals surface area (Å²) in [6, 6.07) is 6.15. The van der Waals surface area contributed by atoms with E-state index in [1.165, 1.54) is 5.56 Å². The van der Waals surface area contributed by atoms with E-state index < -0.39 is 0 Å².